The number of hydrogen-bond donors (Lipinski definition) is 7. The summed E-state index contributed by atoms with van der Waals surface area (Å²) in [6, 6.07) is 19.0. The average molecular weight is 1290 g/mol. The van der Waals surface area contributed by atoms with E-state index >= 15 is 0 Å². The Morgan fingerprint density at radius 2 is 1.12 bits per heavy atom. The van der Waals surface area contributed by atoms with Gasteiger partial charge in [0.05, 0.1) is 34.7 Å². The lowest BCUT2D eigenvalue weighted by molar-refractivity contribution is -0.0754. The van der Waals surface area contributed by atoms with Crippen LogP contribution in [-0.2, 0) is 46.9 Å². The number of sulfonamides is 2. The molecule has 0 unspecified atom stereocenters. The number of rotatable bonds is 14. The Morgan fingerprint density at radius 1 is 0.651 bits per heavy atom. The SMILES string of the molecule is C.CC(C)NC(=O)OC12CCC(c3ncc(-c4ccc(NC(=O)NCc5ccccc5)cc4S(=O)(=O)NC(C)(C)C)s3)(CC1)CC2.CC(C)NC(=O)OC12CCC(c3ncc(Br)s3)(CC1)CC2.Cc1ccc(N)cc1S(=O)(=O)NC(C)(C)C. The molecule has 5 aromatic rings. The van der Waals surface area contributed by atoms with Gasteiger partial charge in [0.15, 0.2) is 0 Å². The molecular formula is C60H86BrN9O9S4. The van der Waals surface area contributed by atoms with Crippen LogP contribution in [0.5, 0.6) is 0 Å². The van der Waals surface area contributed by atoms with Gasteiger partial charge in [-0.15, -0.1) is 22.7 Å². The third-order valence-corrected chi connectivity index (χ3v) is 21.8. The zero-order valence-corrected chi connectivity index (χ0v) is 53.9. The summed E-state index contributed by atoms with van der Waals surface area (Å²) in [6.07, 6.45) is 14.0. The molecular weight excluding hydrogens is 1200 g/mol. The predicted octanol–water partition coefficient (Wildman–Crippen LogP) is 13.4. The lowest BCUT2D eigenvalue weighted by atomic mass is 9.59. The minimum absolute atomic E-state index is 0. The number of carbonyl (C=O) groups is 3. The molecule has 23 heteroatoms. The lowest BCUT2D eigenvalue weighted by Gasteiger charge is -2.51. The first-order valence-electron chi connectivity index (χ1n) is 28.0. The van der Waals surface area contributed by atoms with Crippen LogP contribution in [0.3, 0.4) is 0 Å². The number of amides is 4. The number of halogens is 1. The minimum atomic E-state index is -3.96. The van der Waals surface area contributed by atoms with Crippen LogP contribution in [-0.4, -0.2) is 79.4 Å². The summed E-state index contributed by atoms with van der Waals surface area (Å²) in [7, 11) is -7.47. The smallest absolute Gasteiger partial charge is 0.407 e. The highest BCUT2D eigenvalue weighted by Crippen LogP contribution is 2.57. The molecule has 4 amide bonds. The molecule has 456 valence electrons. The molecule has 83 heavy (non-hydrogen) atoms. The number of thiazole rings is 2. The standard InChI is InChI=1S/C33H43N5O5S2.C15H21BrN2O2S.C11H18N2O2S.CH4/c1-22(2)36-30(40)43-33-16-13-32(14-17-33,15-18-33)28-34-21-26(44-28)25-12-11-24(19-27(25)45(41,42)38-31(3,4)5)37-29(39)35-20-23-9-7-6-8-10-23;1-10(2)18-13(19)20-15-6-3-14(4-7-15,5-8-15)12-17-9-11(16)21-12;1-8-5-6-9(12)7-10(8)16(14,15)13-11(2,3)4;/h6-12,19,21-22,38H,13-18,20H2,1-5H3,(H,36,40)(H2,35,37,39);9-10H,3-8H2,1-2H3,(H,18,19);5-7,13H,12H2,1-4H3;1H4. The summed E-state index contributed by atoms with van der Waals surface area (Å²) in [5.41, 5.74) is 6.77. The van der Waals surface area contributed by atoms with Gasteiger partial charge in [-0.25, -0.2) is 50.6 Å². The molecule has 6 aliphatic carbocycles. The number of carbonyl (C=O) groups excluding carboxylic acids is 3. The molecule has 4 bridgehead atoms. The van der Waals surface area contributed by atoms with Crippen molar-refractivity contribution in [1.82, 2.24) is 35.4 Å². The van der Waals surface area contributed by atoms with E-state index in [4.69, 9.17) is 20.2 Å². The van der Waals surface area contributed by atoms with E-state index in [9.17, 15) is 31.2 Å². The number of urea groups is 1. The maximum absolute atomic E-state index is 13.7. The van der Waals surface area contributed by atoms with E-state index in [1.807, 2.05) is 64.2 Å². The topological polar surface area (TPSA) is 262 Å². The highest BCUT2D eigenvalue weighted by Gasteiger charge is 2.54. The molecule has 0 atom stereocenters. The van der Waals surface area contributed by atoms with Crippen molar-refractivity contribution in [3.63, 3.8) is 0 Å². The van der Waals surface area contributed by atoms with Crippen molar-refractivity contribution < 1.29 is 40.7 Å². The quantitative estimate of drug-likeness (QED) is 0.0512. The summed E-state index contributed by atoms with van der Waals surface area (Å²) >= 11 is 6.77. The number of nitrogens with one attached hydrogen (secondary N) is 6. The summed E-state index contributed by atoms with van der Waals surface area (Å²) in [4.78, 5) is 47.4. The van der Waals surface area contributed by atoms with E-state index in [0.717, 1.165) is 96.3 Å². The van der Waals surface area contributed by atoms with Crippen LogP contribution in [0.2, 0.25) is 0 Å². The van der Waals surface area contributed by atoms with Crippen LogP contribution in [0.1, 0.15) is 175 Å². The number of nitrogens with two attached hydrogens (primary N) is 1. The second-order valence-corrected chi connectivity index (χ2v) is 31.8. The van der Waals surface area contributed by atoms with Gasteiger partial charge in [0.2, 0.25) is 20.0 Å². The summed E-state index contributed by atoms with van der Waals surface area (Å²) in [5, 5.41) is 13.5. The summed E-state index contributed by atoms with van der Waals surface area (Å²) in [6.45, 7) is 20.6. The maximum Gasteiger partial charge on any atom is 0.407 e. The number of aryl methyl sites for hydroxylation is 1. The number of aromatic nitrogens is 2. The molecule has 0 saturated heterocycles. The van der Waals surface area contributed by atoms with Crippen molar-refractivity contribution in [3.05, 3.63) is 104 Å². The van der Waals surface area contributed by atoms with E-state index < -0.39 is 42.8 Å². The van der Waals surface area contributed by atoms with Crippen LogP contribution in [0, 0.1) is 6.92 Å². The zero-order valence-electron chi connectivity index (χ0n) is 49.0. The Balaban J connectivity index is 0.000000239. The first-order chi connectivity index (χ1) is 38.2. The number of ether oxygens (including phenoxy) is 2. The molecule has 6 fully saturated rings. The number of alkyl carbamates (subject to hydrolysis) is 2. The van der Waals surface area contributed by atoms with Gasteiger partial charge in [0.25, 0.3) is 0 Å². The van der Waals surface area contributed by atoms with E-state index in [1.54, 1.807) is 90.3 Å². The van der Waals surface area contributed by atoms with E-state index in [-0.39, 0.29) is 57.9 Å². The van der Waals surface area contributed by atoms with Gasteiger partial charge in [-0.3, -0.25) is 0 Å². The Morgan fingerprint density at radius 3 is 1.58 bits per heavy atom. The average Bonchev–Trinajstić information content (AvgIpc) is 4.22. The van der Waals surface area contributed by atoms with Crippen LogP contribution >= 0.6 is 38.6 Å². The summed E-state index contributed by atoms with van der Waals surface area (Å²) in [5.74, 6) is 0. The fourth-order valence-corrected chi connectivity index (χ4v) is 17.3. The first kappa shape index (κ1) is 67.0. The first-order valence-corrected chi connectivity index (χ1v) is 33.4. The number of anilines is 2. The molecule has 0 aliphatic heterocycles. The lowest BCUT2D eigenvalue weighted by Crippen LogP contribution is -2.52. The van der Waals surface area contributed by atoms with E-state index in [1.165, 1.54) is 28.5 Å². The van der Waals surface area contributed by atoms with Gasteiger partial charge in [0.1, 0.15) is 11.2 Å². The second-order valence-electron chi connectivity index (χ2n) is 25.0. The van der Waals surface area contributed by atoms with Crippen LogP contribution in [0.25, 0.3) is 10.4 Å². The van der Waals surface area contributed by atoms with Crippen molar-refractivity contribution in [2.45, 2.75) is 222 Å². The summed E-state index contributed by atoms with van der Waals surface area (Å²) < 4.78 is 69.7. The molecule has 3 aromatic carbocycles. The third-order valence-electron chi connectivity index (χ3n) is 15.2. The Bertz CT molecular complexity index is 3250. The highest BCUT2D eigenvalue weighted by molar-refractivity contribution is 9.11. The molecule has 8 N–H and O–H groups in total. The normalized spacial score (nSPS) is 22.0. The number of nitrogens with zero attached hydrogens (tertiary/aromatic N) is 2. The van der Waals surface area contributed by atoms with Crippen molar-refractivity contribution in [2.75, 3.05) is 11.1 Å². The number of benzene rings is 3. The van der Waals surface area contributed by atoms with E-state index in [0.29, 0.717) is 29.0 Å². The van der Waals surface area contributed by atoms with Gasteiger partial charge < -0.3 is 36.5 Å². The van der Waals surface area contributed by atoms with Crippen LogP contribution in [0.4, 0.5) is 25.8 Å². The Hall–Kier alpha value is -5.17. The molecule has 6 aliphatic rings. The van der Waals surface area contributed by atoms with Gasteiger partial charge in [-0.05, 0) is 205 Å². The van der Waals surface area contributed by atoms with E-state index in [2.05, 4.69) is 51.6 Å². The van der Waals surface area contributed by atoms with Crippen LogP contribution in [0.15, 0.2) is 92.7 Å². The van der Waals surface area contributed by atoms with Crippen LogP contribution < -0.4 is 36.4 Å². The predicted molar refractivity (Wildman–Crippen MR) is 336 cm³/mol. The highest BCUT2D eigenvalue weighted by atomic mass is 79.9. The molecule has 6 saturated carbocycles. The molecule has 2 heterocycles. The van der Waals surface area contributed by atoms with Crippen molar-refractivity contribution in [1.29, 1.82) is 0 Å². The Kier molecular flexibility index (Phi) is 21.5. The fourth-order valence-electron chi connectivity index (χ4n) is 11.1. The molecule has 0 spiro atoms. The number of fused-ring (bicyclic) bond motifs is 6. The monoisotopic (exact) mass is 1280 g/mol. The minimum Gasteiger partial charge on any atom is -0.443 e. The van der Waals surface area contributed by atoms with Crippen molar-refractivity contribution >= 4 is 88.2 Å². The van der Waals surface area contributed by atoms with Gasteiger partial charge in [-0.1, -0.05) is 49.9 Å². The molecule has 11 rings (SSSR count). The molecule has 18 nitrogen and oxygen atoms in total. The number of nitrogen functional groups attached to an aromatic ring is 1. The zero-order chi connectivity index (χ0) is 60.1. The molecule has 2 aromatic heterocycles. The van der Waals surface area contributed by atoms with Gasteiger partial charge in [0, 0.05) is 63.7 Å². The van der Waals surface area contributed by atoms with Gasteiger partial charge in [-0.2, -0.15) is 0 Å². The molecule has 0 radical (unpaired) electrons. The third kappa shape index (κ3) is 17.7. The van der Waals surface area contributed by atoms with Crippen molar-refractivity contribution in [3.8, 4) is 10.4 Å². The largest absolute Gasteiger partial charge is 0.443 e. The number of hydrogen-bond acceptors (Lipinski definition) is 14. The maximum atomic E-state index is 13.7. The fraction of sp³-hybridized carbons (Fsp3) is 0.550. The van der Waals surface area contributed by atoms with Crippen molar-refractivity contribution in [2.24, 2.45) is 0 Å². The van der Waals surface area contributed by atoms with Gasteiger partial charge >= 0.3 is 18.2 Å². The Labute approximate surface area is 508 Å². The second kappa shape index (κ2) is 26.6.